The molecule has 0 aromatic carbocycles. The van der Waals surface area contributed by atoms with E-state index in [1.54, 1.807) is 0 Å². The molecule has 1 aliphatic carbocycles. The van der Waals surface area contributed by atoms with Crippen LogP contribution in [0.4, 0.5) is 4.39 Å². The monoisotopic (exact) mass is 183 g/mol. The van der Waals surface area contributed by atoms with Gasteiger partial charge in [-0.1, -0.05) is 5.16 Å². The van der Waals surface area contributed by atoms with Crippen LogP contribution in [-0.4, -0.2) is 10.9 Å². The number of carbonyl (C=O) groups is 1. The third-order valence-electron chi connectivity index (χ3n) is 2.31. The first-order valence-corrected chi connectivity index (χ1v) is 4.33. The molecule has 13 heavy (non-hydrogen) atoms. The van der Waals surface area contributed by atoms with Crippen LogP contribution < -0.4 is 0 Å². The summed E-state index contributed by atoms with van der Waals surface area (Å²) in [4.78, 5) is 11.0. The van der Waals surface area contributed by atoms with Crippen LogP contribution in [-0.2, 0) is 6.42 Å². The third kappa shape index (κ3) is 1.26. The summed E-state index contributed by atoms with van der Waals surface area (Å²) >= 11 is 0. The number of ketones is 1. The summed E-state index contributed by atoms with van der Waals surface area (Å²) in [7, 11) is 0. The molecule has 3 nitrogen and oxygen atoms in total. The fraction of sp³-hybridized carbons (Fsp3) is 0.556. The molecule has 0 fully saturated rings. The summed E-state index contributed by atoms with van der Waals surface area (Å²) in [6.07, 6.45) is 0.847. The predicted octanol–water partition coefficient (Wildman–Crippen LogP) is 2.22. The largest absolute Gasteiger partial charge is 0.360 e. The lowest BCUT2D eigenvalue weighted by Gasteiger charge is -2.13. The number of alkyl halides is 1. The average molecular weight is 183 g/mol. The zero-order valence-corrected chi connectivity index (χ0v) is 7.34. The van der Waals surface area contributed by atoms with Crippen molar-refractivity contribution in [3.05, 3.63) is 17.0 Å². The summed E-state index contributed by atoms with van der Waals surface area (Å²) < 4.78 is 18.3. The summed E-state index contributed by atoms with van der Waals surface area (Å²) in [5, 5.41) is 3.58. The van der Waals surface area contributed by atoms with E-state index in [1.165, 1.54) is 6.92 Å². The molecule has 0 saturated heterocycles. The summed E-state index contributed by atoms with van der Waals surface area (Å²) in [5.74, 6) is 0.318. The van der Waals surface area contributed by atoms with Crippen LogP contribution in [0.5, 0.6) is 0 Å². The molecule has 1 heterocycles. The minimum absolute atomic E-state index is 0.169. The number of hydrogen-bond acceptors (Lipinski definition) is 3. The molecule has 0 N–H and O–H groups in total. The molecule has 1 aromatic rings. The Bertz CT molecular complexity index is 345. The molecule has 1 unspecified atom stereocenters. The summed E-state index contributed by atoms with van der Waals surface area (Å²) in [6, 6.07) is 0. The Labute approximate surface area is 74.9 Å². The van der Waals surface area contributed by atoms with Gasteiger partial charge < -0.3 is 4.52 Å². The Kier molecular flexibility index (Phi) is 1.90. The molecule has 0 bridgehead atoms. The zero-order chi connectivity index (χ0) is 9.42. The number of hydrogen-bond donors (Lipinski definition) is 0. The predicted molar refractivity (Wildman–Crippen MR) is 43.3 cm³/mol. The summed E-state index contributed by atoms with van der Waals surface area (Å²) in [5.41, 5.74) is 0.556. The van der Waals surface area contributed by atoms with Crippen LogP contribution in [0.3, 0.4) is 0 Å². The number of Topliss-reactive ketones (excluding diaryl/α,β-unsaturated/α-hetero) is 1. The number of halogens is 1. The van der Waals surface area contributed by atoms with E-state index in [9.17, 15) is 9.18 Å². The molecule has 0 aliphatic heterocycles. The second kappa shape index (κ2) is 2.94. The van der Waals surface area contributed by atoms with Gasteiger partial charge in [0.05, 0.1) is 5.56 Å². The van der Waals surface area contributed by atoms with Crippen molar-refractivity contribution in [3.63, 3.8) is 0 Å². The van der Waals surface area contributed by atoms with Gasteiger partial charge in [-0.15, -0.1) is 0 Å². The smallest absolute Gasteiger partial charge is 0.182 e. The number of aryl methyl sites for hydroxylation is 1. The lowest BCUT2D eigenvalue weighted by atomic mass is 9.94. The SMILES string of the molecule is CC(=O)c1noc2c1C(F)CCC2. The zero-order valence-electron chi connectivity index (χ0n) is 7.34. The molecule has 0 spiro atoms. The van der Waals surface area contributed by atoms with Crippen molar-refractivity contribution in [3.8, 4) is 0 Å². The van der Waals surface area contributed by atoms with Gasteiger partial charge in [-0.2, -0.15) is 0 Å². The van der Waals surface area contributed by atoms with Crippen molar-refractivity contribution < 1.29 is 13.7 Å². The van der Waals surface area contributed by atoms with Gasteiger partial charge in [0.2, 0.25) is 0 Å². The highest BCUT2D eigenvalue weighted by atomic mass is 19.1. The first-order chi connectivity index (χ1) is 6.20. The van der Waals surface area contributed by atoms with Gasteiger partial charge in [0.25, 0.3) is 0 Å². The van der Waals surface area contributed by atoms with Gasteiger partial charge in [0.15, 0.2) is 11.5 Å². The molecular formula is C9H10FNO2. The van der Waals surface area contributed by atoms with Crippen molar-refractivity contribution in [2.75, 3.05) is 0 Å². The van der Waals surface area contributed by atoms with Gasteiger partial charge in [0.1, 0.15) is 11.9 Å². The van der Waals surface area contributed by atoms with Crippen LogP contribution in [0.2, 0.25) is 0 Å². The maximum absolute atomic E-state index is 13.4. The van der Waals surface area contributed by atoms with Gasteiger partial charge >= 0.3 is 0 Å². The van der Waals surface area contributed by atoms with E-state index in [-0.39, 0.29) is 11.5 Å². The van der Waals surface area contributed by atoms with Gasteiger partial charge in [-0.05, 0) is 12.8 Å². The highest BCUT2D eigenvalue weighted by Gasteiger charge is 2.29. The Hall–Kier alpha value is -1.19. The van der Waals surface area contributed by atoms with E-state index in [0.29, 0.717) is 24.2 Å². The Balaban J connectivity index is 2.50. The minimum Gasteiger partial charge on any atom is -0.360 e. The van der Waals surface area contributed by atoms with Crippen molar-refractivity contribution in [1.29, 1.82) is 0 Å². The highest BCUT2D eigenvalue weighted by molar-refractivity contribution is 5.93. The fourth-order valence-corrected chi connectivity index (χ4v) is 1.67. The molecule has 70 valence electrons. The summed E-state index contributed by atoms with van der Waals surface area (Å²) in [6.45, 7) is 1.37. The Morgan fingerprint density at radius 2 is 2.46 bits per heavy atom. The second-order valence-corrected chi connectivity index (χ2v) is 3.28. The standard InChI is InChI=1S/C9H10FNO2/c1-5(12)9-8-6(10)3-2-4-7(8)13-11-9/h6H,2-4H2,1H3. The molecule has 4 heteroatoms. The lowest BCUT2D eigenvalue weighted by Crippen LogP contribution is -2.07. The average Bonchev–Trinajstić information content (AvgIpc) is 2.49. The molecule has 0 amide bonds. The second-order valence-electron chi connectivity index (χ2n) is 3.28. The first kappa shape index (κ1) is 8.41. The van der Waals surface area contributed by atoms with Crippen molar-refractivity contribution in [1.82, 2.24) is 5.16 Å². The van der Waals surface area contributed by atoms with E-state index in [2.05, 4.69) is 5.16 Å². The minimum atomic E-state index is -1.08. The van der Waals surface area contributed by atoms with Crippen molar-refractivity contribution in [2.24, 2.45) is 0 Å². The van der Waals surface area contributed by atoms with Gasteiger partial charge in [0, 0.05) is 13.3 Å². The van der Waals surface area contributed by atoms with Gasteiger partial charge in [-0.25, -0.2) is 4.39 Å². The molecule has 0 radical (unpaired) electrons. The maximum atomic E-state index is 13.4. The van der Waals surface area contributed by atoms with Crippen molar-refractivity contribution >= 4 is 5.78 Å². The number of nitrogens with zero attached hydrogens (tertiary/aromatic N) is 1. The maximum Gasteiger partial charge on any atom is 0.182 e. The lowest BCUT2D eigenvalue weighted by molar-refractivity contribution is 0.100. The molecule has 1 atom stereocenters. The highest BCUT2D eigenvalue weighted by Crippen LogP contribution is 2.34. The quantitative estimate of drug-likeness (QED) is 0.627. The topological polar surface area (TPSA) is 43.1 Å². The normalized spacial score (nSPS) is 21.2. The van der Waals surface area contributed by atoms with Crippen molar-refractivity contribution in [2.45, 2.75) is 32.4 Å². The molecular weight excluding hydrogens is 173 g/mol. The Morgan fingerprint density at radius 1 is 1.69 bits per heavy atom. The van der Waals surface area contributed by atoms with Crippen LogP contribution >= 0.6 is 0 Å². The molecule has 1 aromatic heterocycles. The van der Waals surface area contributed by atoms with E-state index in [0.717, 1.165) is 6.42 Å². The molecule has 1 aliphatic rings. The van der Waals surface area contributed by atoms with Crippen LogP contribution in [0.15, 0.2) is 4.52 Å². The first-order valence-electron chi connectivity index (χ1n) is 4.33. The molecule has 0 saturated carbocycles. The molecule has 2 rings (SSSR count). The number of rotatable bonds is 1. The van der Waals surface area contributed by atoms with Gasteiger partial charge in [-0.3, -0.25) is 4.79 Å². The van der Waals surface area contributed by atoms with Crippen LogP contribution in [0.25, 0.3) is 0 Å². The number of fused-ring (bicyclic) bond motifs is 1. The van der Waals surface area contributed by atoms with Crippen LogP contribution in [0.1, 0.15) is 47.7 Å². The van der Waals surface area contributed by atoms with E-state index in [1.807, 2.05) is 0 Å². The number of carbonyl (C=O) groups excluding carboxylic acids is 1. The van der Waals surface area contributed by atoms with E-state index < -0.39 is 6.17 Å². The third-order valence-corrected chi connectivity index (χ3v) is 2.31. The fourth-order valence-electron chi connectivity index (χ4n) is 1.67. The van der Waals surface area contributed by atoms with E-state index in [4.69, 9.17) is 4.52 Å². The van der Waals surface area contributed by atoms with Crippen LogP contribution in [0, 0.1) is 0 Å². The number of aromatic nitrogens is 1. The Morgan fingerprint density at radius 3 is 3.15 bits per heavy atom. The van der Waals surface area contributed by atoms with E-state index >= 15 is 0 Å².